The Hall–Kier alpha value is -2.75. The van der Waals surface area contributed by atoms with E-state index < -0.39 is 0 Å². The van der Waals surface area contributed by atoms with Gasteiger partial charge in [0.05, 0.1) is 6.04 Å². The topological polar surface area (TPSA) is 37.0 Å². The summed E-state index contributed by atoms with van der Waals surface area (Å²) in [7, 11) is 0. The molecular weight excluding hydrogens is 392 g/mol. The summed E-state index contributed by atoms with van der Waals surface area (Å²) in [4.78, 5) is 3.73. The van der Waals surface area contributed by atoms with Crippen molar-refractivity contribution in [2.24, 2.45) is 0 Å². The van der Waals surface area contributed by atoms with Crippen molar-refractivity contribution >= 4 is 22.5 Å². The third-order valence-electron chi connectivity index (χ3n) is 5.91. The number of halogens is 1. The number of rotatable bonds is 4. The molecule has 0 fully saturated rings. The molecule has 1 atom stereocenters. The van der Waals surface area contributed by atoms with Crippen molar-refractivity contribution in [2.75, 3.05) is 6.54 Å². The summed E-state index contributed by atoms with van der Waals surface area (Å²) in [6.45, 7) is 5.85. The molecule has 2 N–H and O–H groups in total. The van der Waals surface area contributed by atoms with Crippen molar-refractivity contribution in [2.45, 2.75) is 32.9 Å². The Morgan fingerprint density at radius 3 is 2.70 bits per heavy atom. The first kappa shape index (κ1) is 19.2. The summed E-state index contributed by atoms with van der Waals surface area (Å²) in [6, 6.07) is 20.9. The van der Waals surface area contributed by atoms with E-state index in [1.54, 1.807) is 0 Å². The van der Waals surface area contributed by atoms with E-state index in [0.29, 0.717) is 6.61 Å². The Morgan fingerprint density at radius 2 is 1.87 bits per heavy atom. The predicted molar refractivity (Wildman–Crippen MR) is 124 cm³/mol. The molecule has 3 aromatic carbocycles. The average Bonchev–Trinajstić information content (AvgIpc) is 3.13. The standard InChI is InChI=1S/C26H25ClN2O/c1-16-12-17(2)24-23(13-16)22-10-11-28-25(26(22)29-24)19-4-3-5-21(14-19)30-15-18-6-8-20(27)9-7-18/h3-9,12-14,25,28-29H,10-11,15H2,1-2H3. The highest BCUT2D eigenvalue weighted by molar-refractivity contribution is 6.30. The molecule has 1 aliphatic heterocycles. The fraction of sp³-hybridized carbons (Fsp3) is 0.231. The van der Waals surface area contributed by atoms with Crippen LogP contribution in [0.15, 0.2) is 60.7 Å². The zero-order chi connectivity index (χ0) is 20.7. The van der Waals surface area contributed by atoms with Gasteiger partial charge in [-0.05, 0) is 72.9 Å². The van der Waals surface area contributed by atoms with Crippen LogP contribution in [0.4, 0.5) is 0 Å². The SMILES string of the molecule is Cc1cc(C)c2[nH]c3c(c2c1)CCNC3c1cccc(OCc2ccc(Cl)cc2)c1. The van der Waals surface area contributed by atoms with Crippen molar-refractivity contribution in [1.29, 1.82) is 0 Å². The number of hydrogen-bond donors (Lipinski definition) is 2. The minimum atomic E-state index is 0.139. The van der Waals surface area contributed by atoms with Crippen LogP contribution in [0.2, 0.25) is 5.02 Å². The first-order valence-electron chi connectivity index (χ1n) is 10.4. The Bertz CT molecular complexity index is 1210. The fourth-order valence-corrected chi connectivity index (χ4v) is 4.63. The molecule has 0 bridgehead atoms. The monoisotopic (exact) mass is 416 g/mol. The van der Waals surface area contributed by atoms with Crippen molar-refractivity contribution in [3.8, 4) is 5.75 Å². The average molecular weight is 417 g/mol. The molecule has 3 nitrogen and oxygen atoms in total. The Morgan fingerprint density at radius 1 is 1.03 bits per heavy atom. The van der Waals surface area contributed by atoms with E-state index in [1.165, 1.54) is 38.9 Å². The number of benzene rings is 3. The molecule has 0 saturated heterocycles. The van der Waals surface area contributed by atoms with Crippen molar-refractivity contribution in [3.05, 3.63) is 99.2 Å². The fourth-order valence-electron chi connectivity index (χ4n) is 4.50. The summed E-state index contributed by atoms with van der Waals surface area (Å²) in [6.07, 6.45) is 1.04. The van der Waals surface area contributed by atoms with Crippen LogP contribution in [0.3, 0.4) is 0 Å². The van der Waals surface area contributed by atoms with Gasteiger partial charge in [0.15, 0.2) is 0 Å². The van der Waals surface area contributed by atoms with Crippen LogP contribution >= 0.6 is 11.6 Å². The number of aromatic amines is 1. The lowest BCUT2D eigenvalue weighted by Gasteiger charge is -2.25. The van der Waals surface area contributed by atoms with E-state index in [2.05, 4.69) is 54.5 Å². The largest absolute Gasteiger partial charge is 0.489 e. The quantitative estimate of drug-likeness (QED) is 0.412. The first-order chi connectivity index (χ1) is 14.6. The van der Waals surface area contributed by atoms with Crippen LogP contribution in [0.1, 0.15) is 39.6 Å². The first-order valence-corrected chi connectivity index (χ1v) is 10.8. The van der Waals surface area contributed by atoms with Crippen molar-refractivity contribution in [1.82, 2.24) is 10.3 Å². The normalized spacial score (nSPS) is 15.9. The molecule has 1 aromatic heterocycles. The minimum Gasteiger partial charge on any atom is -0.489 e. The molecule has 30 heavy (non-hydrogen) atoms. The van der Waals surface area contributed by atoms with Crippen molar-refractivity contribution < 1.29 is 4.74 Å². The Labute approximate surface area is 182 Å². The van der Waals surface area contributed by atoms with Crippen LogP contribution < -0.4 is 10.1 Å². The third-order valence-corrected chi connectivity index (χ3v) is 6.16. The van der Waals surface area contributed by atoms with Crippen LogP contribution in [0.25, 0.3) is 10.9 Å². The lowest BCUT2D eigenvalue weighted by atomic mass is 9.93. The second-order valence-corrected chi connectivity index (χ2v) is 8.58. The maximum absolute atomic E-state index is 6.06. The zero-order valence-corrected chi connectivity index (χ0v) is 18.0. The molecule has 2 heterocycles. The maximum atomic E-state index is 6.06. The van der Waals surface area contributed by atoms with Gasteiger partial charge in [0.1, 0.15) is 12.4 Å². The lowest BCUT2D eigenvalue weighted by Crippen LogP contribution is -2.30. The molecule has 0 spiro atoms. The highest BCUT2D eigenvalue weighted by Gasteiger charge is 2.26. The maximum Gasteiger partial charge on any atom is 0.120 e. The summed E-state index contributed by atoms with van der Waals surface area (Å²) in [5.41, 5.74) is 8.91. The zero-order valence-electron chi connectivity index (χ0n) is 17.3. The number of aromatic nitrogens is 1. The molecular formula is C26H25ClN2O. The number of ether oxygens (including phenoxy) is 1. The Balaban J connectivity index is 1.45. The van der Waals surface area contributed by atoms with Gasteiger partial charge in [-0.1, -0.05) is 47.5 Å². The number of hydrogen-bond acceptors (Lipinski definition) is 2. The highest BCUT2D eigenvalue weighted by atomic mass is 35.5. The van der Waals surface area contributed by atoms with Gasteiger partial charge in [-0.25, -0.2) is 0 Å². The Kier molecular flexibility index (Phi) is 5.01. The molecule has 0 amide bonds. The number of nitrogens with one attached hydrogen (secondary N) is 2. The summed E-state index contributed by atoms with van der Waals surface area (Å²) >= 11 is 5.97. The van der Waals surface area contributed by atoms with Gasteiger partial charge in [-0.3, -0.25) is 0 Å². The van der Waals surface area contributed by atoms with E-state index in [1.807, 2.05) is 30.3 Å². The molecule has 1 unspecified atom stereocenters. The van der Waals surface area contributed by atoms with Gasteiger partial charge >= 0.3 is 0 Å². The molecule has 0 saturated carbocycles. The summed E-state index contributed by atoms with van der Waals surface area (Å²) < 4.78 is 6.06. The van der Waals surface area contributed by atoms with Crippen molar-refractivity contribution in [3.63, 3.8) is 0 Å². The van der Waals surface area contributed by atoms with Gasteiger partial charge in [0.25, 0.3) is 0 Å². The molecule has 5 rings (SSSR count). The second-order valence-electron chi connectivity index (χ2n) is 8.15. The van der Waals surface area contributed by atoms with Crippen LogP contribution in [0.5, 0.6) is 5.75 Å². The molecule has 0 radical (unpaired) electrons. The predicted octanol–water partition coefficient (Wildman–Crippen LogP) is 6.25. The molecule has 1 aliphatic rings. The molecule has 152 valence electrons. The minimum absolute atomic E-state index is 0.139. The molecule has 4 aromatic rings. The van der Waals surface area contributed by atoms with E-state index in [9.17, 15) is 0 Å². The van der Waals surface area contributed by atoms with E-state index in [-0.39, 0.29) is 6.04 Å². The smallest absolute Gasteiger partial charge is 0.120 e. The molecule has 4 heteroatoms. The number of H-pyrrole nitrogens is 1. The van der Waals surface area contributed by atoms with Crippen LogP contribution in [-0.2, 0) is 13.0 Å². The van der Waals surface area contributed by atoms with Gasteiger partial charge in [-0.2, -0.15) is 0 Å². The van der Waals surface area contributed by atoms with Gasteiger partial charge in [-0.15, -0.1) is 0 Å². The van der Waals surface area contributed by atoms with E-state index in [0.717, 1.165) is 29.3 Å². The van der Waals surface area contributed by atoms with E-state index in [4.69, 9.17) is 16.3 Å². The second kappa shape index (κ2) is 7.82. The highest BCUT2D eigenvalue weighted by Crippen LogP contribution is 2.36. The summed E-state index contributed by atoms with van der Waals surface area (Å²) in [5.74, 6) is 0.875. The molecule has 0 aliphatic carbocycles. The van der Waals surface area contributed by atoms with Gasteiger partial charge in [0, 0.05) is 28.2 Å². The number of aryl methyl sites for hydroxylation is 2. The van der Waals surface area contributed by atoms with Gasteiger partial charge in [0.2, 0.25) is 0 Å². The van der Waals surface area contributed by atoms with Crippen LogP contribution in [-0.4, -0.2) is 11.5 Å². The van der Waals surface area contributed by atoms with Crippen LogP contribution in [0, 0.1) is 13.8 Å². The lowest BCUT2D eigenvalue weighted by molar-refractivity contribution is 0.305. The van der Waals surface area contributed by atoms with E-state index >= 15 is 0 Å². The third kappa shape index (κ3) is 3.60. The van der Waals surface area contributed by atoms with Gasteiger partial charge < -0.3 is 15.0 Å². The number of fused-ring (bicyclic) bond motifs is 3. The summed E-state index contributed by atoms with van der Waals surface area (Å²) in [5, 5.41) is 5.80.